The molecule has 0 radical (unpaired) electrons. The van der Waals surface area contributed by atoms with Gasteiger partial charge in [0.1, 0.15) is 11.5 Å². The number of ether oxygens (including phenoxy) is 2. The lowest BCUT2D eigenvalue weighted by molar-refractivity contribution is 0.415. The fourth-order valence-corrected chi connectivity index (χ4v) is 2.87. The van der Waals surface area contributed by atoms with Crippen molar-refractivity contribution in [2.45, 2.75) is 0 Å². The lowest BCUT2D eigenvalue weighted by Gasteiger charge is -2.05. The van der Waals surface area contributed by atoms with Crippen LogP contribution < -0.4 is 15.2 Å². The molecular formula is C17H14N2O3. The maximum atomic E-state index is 12.5. The van der Waals surface area contributed by atoms with Gasteiger partial charge in [0.2, 0.25) is 0 Å². The molecule has 0 aliphatic heterocycles. The van der Waals surface area contributed by atoms with Gasteiger partial charge in [-0.25, -0.2) is 4.79 Å². The van der Waals surface area contributed by atoms with Crippen LogP contribution in [0, 0.1) is 0 Å². The van der Waals surface area contributed by atoms with Gasteiger partial charge in [-0.15, -0.1) is 0 Å². The number of benzene rings is 2. The maximum absolute atomic E-state index is 12.5. The van der Waals surface area contributed by atoms with Crippen molar-refractivity contribution in [3.8, 4) is 11.5 Å². The molecule has 0 aliphatic rings. The number of aromatic amines is 1. The summed E-state index contributed by atoms with van der Waals surface area (Å²) in [4.78, 5) is 15.4. The summed E-state index contributed by atoms with van der Waals surface area (Å²) in [6.07, 6.45) is 0. The Hall–Kier alpha value is -2.95. The number of hydrogen-bond donors (Lipinski definition) is 1. The van der Waals surface area contributed by atoms with Gasteiger partial charge in [0, 0.05) is 22.9 Å². The van der Waals surface area contributed by atoms with Crippen molar-refractivity contribution in [1.29, 1.82) is 0 Å². The van der Waals surface area contributed by atoms with E-state index in [1.54, 1.807) is 18.6 Å². The van der Waals surface area contributed by atoms with Gasteiger partial charge in [0.05, 0.1) is 30.8 Å². The zero-order chi connectivity index (χ0) is 15.3. The molecule has 22 heavy (non-hydrogen) atoms. The SMILES string of the molecule is COc1ccc2c(c1)[nH]c(=O)n1c3cc(OC)ccc3cc21. The van der Waals surface area contributed by atoms with E-state index >= 15 is 0 Å². The fraction of sp³-hybridized carbons (Fsp3) is 0.118. The normalized spacial score (nSPS) is 11.4. The first-order valence-corrected chi connectivity index (χ1v) is 6.90. The van der Waals surface area contributed by atoms with E-state index < -0.39 is 0 Å². The minimum atomic E-state index is -0.181. The van der Waals surface area contributed by atoms with Crippen LogP contribution in [0.5, 0.6) is 11.5 Å². The molecule has 0 spiro atoms. The van der Waals surface area contributed by atoms with Gasteiger partial charge in [-0.3, -0.25) is 4.40 Å². The van der Waals surface area contributed by atoms with E-state index in [0.29, 0.717) is 5.75 Å². The predicted molar refractivity (Wildman–Crippen MR) is 86.1 cm³/mol. The van der Waals surface area contributed by atoms with E-state index in [-0.39, 0.29) is 5.69 Å². The molecule has 110 valence electrons. The largest absolute Gasteiger partial charge is 0.497 e. The molecule has 4 rings (SSSR count). The Morgan fingerprint density at radius 2 is 1.64 bits per heavy atom. The molecule has 4 aromatic rings. The van der Waals surface area contributed by atoms with Gasteiger partial charge in [-0.05, 0) is 30.3 Å². The minimum absolute atomic E-state index is 0.181. The number of nitrogens with zero attached hydrogens (tertiary/aromatic N) is 1. The minimum Gasteiger partial charge on any atom is -0.497 e. The summed E-state index contributed by atoms with van der Waals surface area (Å²) in [7, 11) is 3.22. The van der Waals surface area contributed by atoms with Gasteiger partial charge in [-0.1, -0.05) is 0 Å². The van der Waals surface area contributed by atoms with Crippen LogP contribution in [0.3, 0.4) is 0 Å². The monoisotopic (exact) mass is 294 g/mol. The number of fused-ring (bicyclic) bond motifs is 5. The van der Waals surface area contributed by atoms with E-state index in [1.165, 1.54) is 0 Å². The topological polar surface area (TPSA) is 55.7 Å². The molecule has 0 amide bonds. The number of rotatable bonds is 2. The van der Waals surface area contributed by atoms with Crippen molar-refractivity contribution in [2.75, 3.05) is 14.2 Å². The van der Waals surface area contributed by atoms with Crippen LogP contribution in [0.1, 0.15) is 0 Å². The van der Waals surface area contributed by atoms with E-state index in [2.05, 4.69) is 4.98 Å². The van der Waals surface area contributed by atoms with Crippen LogP contribution in [0.2, 0.25) is 0 Å². The summed E-state index contributed by atoms with van der Waals surface area (Å²) in [6.45, 7) is 0. The Morgan fingerprint density at radius 3 is 2.41 bits per heavy atom. The third kappa shape index (κ3) is 1.69. The lowest BCUT2D eigenvalue weighted by atomic mass is 10.2. The Labute approximate surface area is 125 Å². The Bertz CT molecular complexity index is 1080. The number of nitrogens with one attached hydrogen (secondary N) is 1. The highest BCUT2D eigenvalue weighted by Gasteiger charge is 2.11. The molecule has 0 fully saturated rings. The lowest BCUT2D eigenvalue weighted by Crippen LogP contribution is -2.15. The third-order valence-corrected chi connectivity index (χ3v) is 3.96. The van der Waals surface area contributed by atoms with Crippen molar-refractivity contribution >= 4 is 27.3 Å². The smallest absolute Gasteiger partial charge is 0.331 e. The molecule has 5 heteroatoms. The summed E-state index contributed by atoms with van der Waals surface area (Å²) in [5.41, 5.74) is 2.27. The van der Waals surface area contributed by atoms with Crippen molar-refractivity contribution in [2.24, 2.45) is 0 Å². The third-order valence-electron chi connectivity index (χ3n) is 3.96. The molecular weight excluding hydrogens is 280 g/mol. The molecule has 2 heterocycles. The first kappa shape index (κ1) is 12.8. The summed E-state index contributed by atoms with van der Waals surface area (Å²) >= 11 is 0. The van der Waals surface area contributed by atoms with Crippen LogP contribution in [0.25, 0.3) is 27.3 Å². The van der Waals surface area contributed by atoms with Crippen LogP contribution in [0.4, 0.5) is 0 Å². The molecule has 2 aromatic heterocycles. The molecule has 1 N–H and O–H groups in total. The second kappa shape index (κ2) is 4.53. The summed E-state index contributed by atoms with van der Waals surface area (Å²) < 4.78 is 12.1. The quantitative estimate of drug-likeness (QED) is 0.618. The Morgan fingerprint density at radius 1 is 0.909 bits per heavy atom. The van der Waals surface area contributed by atoms with Gasteiger partial charge >= 0.3 is 5.69 Å². The highest BCUT2D eigenvalue weighted by Crippen LogP contribution is 2.28. The average Bonchev–Trinajstić information content (AvgIpc) is 2.93. The van der Waals surface area contributed by atoms with Crippen LogP contribution >= 0.6 is 0 Å². The van der Waals surface area contributed by atoms with Gasteiger partial charge in [0.25, 0.3) is 0 Å². The average molecular weight is 294 g/mol. The van der Waals surface area contributed by atoms with Gasteiger partial charge in [-0.2, -0.15) is 0 Å². The Kier molecular flexibility index (Phi) is 2.63. The number of methoxy groups -OCH3 is 2. The van der Waals surface area contributed by atoms with E-state index in [0.717, 1.165) is 33.1 Å². The summed E-state index contributed by atoms with van der Waals surface area (Å²) in [5, 5.41) is 1.96. The van der Waals surface area contributed by atoms with Crippen molar-refractivity contribution in [1.82, 2.24) is 9.38 Å². The molecule has 0 unspecified atom stereocenters. The maximum Gasteiger partial charge on any atom is 0.331 e. The zero-order valence-electron chi connectivity index (χ0n) is 12.2. The van der Waals surface area contributed by atoms with Crippen LogP contribution in [-0.4, -0.2) is 23.6 Å². The summed E-state index contributed by atoms with van der Waals surface area (Å²) in [6, 6.07) is 13.4. The number of H-pyrrole nitrogens is 1. The second-order valence-electron chi connectivity index (χ2n) is 5.13. The highest BCUT2D eigenvalue weighted by molar-refractivity contribution is 6.01. The number of aromatic nitrogens is 2. The van der Waals surface area contributed by atoms with Gasteiger partial charge in [0.15, 0.2) is 0 Å². The van der Waals surface area contributed by atoms with E-state index in [9.17, 15) is 4.79 Å². The number of hydrogen-bond acceptors (Lipinski definition) is 3. The second-order valence-corrected chi connectivity index (χ2v) is 5.13. The molecule has 0 atom stereocenters. The molecule has 0 saturated carbocycles. The van der Waals surface area contributed by atoms with Crippen molar-refractivity contribution < 1.29 is 9.47 Å². The predicted octanol–water partition coefficient (Wildman–Crippen LogP) is 2.95. The van der Waals surface area contributed by atoms with Crippen molar-refractivity contribution in [3.05, 3.63) is 52.9 Å². The van der Waals surface area contributed by atoms with E-state index in [1.807, 2.05) is 42.5 Å². The molecule has 0 saturated heterocycles. The highest BCUT2D eigenvalue weighted by atomic mass is 16.5. The first-order valence-electron chi connectivity index (χ1n) is 6.90. The van der Waals surface area contributed by atoms with Gasteiger partial charge < -0.3 is 14.5 Å². The standard InChI is InChI=1S/C17H14N2O3/c1-21-11-5-6-13-14(8-11)18-17(20)19-15-9-12(22-2)4-3-10(15)7-16(13)19/h3-9H,1-2H3,(H,18,20). The molecule has 0 aliphatic carbocycles. The molecule has 2 aromatic carbocycles. The van der Waals surface area contributed by atoms with Crippen molar-refractivity contribution in [3.63, 3.8) is 0 Å². The van der Waals surface area contributed by atoms with Crippen LogP contribution in [-0.2, 0) is 0 Å². The summed E-state index contributed by atoms with van der Waals surface area (Å²) in [5.74, 6) is 1.44. The van der Waals surface area contributed by atoms with Crippen LogP contribution in [0.15, 0.2) is 47.3 Å². The first-order chi connectivity index (χ1) is 10.7. The fourth-order valence-electron chi connectivity index (χ4n) is 2.87. The molecule has 0 bridgehead atoms. The zero-order valence-corrected chi connectivity index (χ0v) is 12.2. The van der Waals surface area contributed by atoms with E-state index in [4.69, 9.17) is 9.47 Å². The molecule has 5 nitrogen and oxygen atoms in total. The Balaban J connectivity index is 2.19.